The minimum absolute atomic E-state index is 0.0357. The fourth-order valence-corrected chi connectivity index (χ4v) is 4.56. The highest BCUT2D eigenvalue weighted by Gasteiger charge is 2.46. The number of hydrogen-bond donors (Lipinski definition) is 1. The second kappa shape index (κ2) is 9.51. The van der Waals surface area contributed by atoms with E-state index < -0.39 is 48.5 Å². The van der Waals surface area contributed by atoms with Crippen LogP contribution in [0.15, 0.2) is 48.8 Å². The van der Waals surface area contributed by atoms with Gasteiger partial charge in [0.25, 0.3) is 11.8 Å². The van der Waals surface area contributed by atoms with Gasteiger partial charge in [-0.15, -0.1) is 0 Å². The number of carbonyl (C=O) groups excluding carboxylic acids is 1. The van der Waals surface area contributed by atoms with Crippen LogP contribution in [-0.2, 0) is 13.2 Å². The summed E-state index contributed by atoms with van der Waals surface area (Å²) in [5.41, 5.74) is 1.41. The Labute approximate surface area is 205 Å². The molecule has 6 nitrogen and oxygen atoms in total. The standard InChI is InChI=1S/C25H26F5N5O/c1-15-5-4-6-17(9-15)19-13-34(3)33-22(19)23(36)35-14-24(26,27)10-16(2)20(35)12-32-21-8-7-18(11-31-21)25(28,29)30/h4-9,11,13,16,20H,10,12,14H2,1-3H3,(H,31,32)/t16-,20?/m1/s1. The van der Waals surface area contributed by atoms with Crippen molar-refractivity contribution in [1.82, 2.24) is 19.7 Å². The van der Waals surface area contributed by atoms with E-state index >= 15 is 0 Å². The summed E-state index contributed by atoms with van der Waals surface area (Å²) in [7, 11) is 1.65. The number of nitrogens with one attached hydrogen (secondary N) is 1. The number of nitrogens with zero attached hydrogens (tertiary/aromatic N) is 4. The highest BCUT2D eigenvalue weighted by atomic mass is 19.4. The number of rotatable bonds is 5. The number of carbonyl (C=O) groups is 1. The van der Waals surface area contributed by atoms with Gasteiger partial charge in [0.05, 0.1) is 18.2 Å². The highest BCUT2D eigenvalue weighted by molar-refractivity contribution is 5.99. The molecule has 1 unspecified atom stereocenters. The maximum atomic E-state index is 14.6. The van der Waals surface area contributed by atoms with Gasteiger partial charge in [0, 0.05) is 38.0 Å². The number of halogens is 5. The van der Waals surface area contributed by atoms with Crippen molar-refractivity contribution in [3.05, 3.63) is 65.6 Å². The van der Waals surface area contributed by atoms with Gasteiger partial charge in [-0.2, -0.15) is 18.3 Å². The van der Waals surface area contributed by atoms with Crippen LogP contribution in [0.25, 0.3) is 11.1 Å². The monoisotopic (exact) mass is 507 g/mol. The molecule has 1 aromatic carbocycles. The molecule has 1 aliphatic rings. The number of anilines is 1. The van der Waals surface area contributed by atoms with E-state index in [-0.39, 0.29) is 18.1 Å². The molecule has 1 amide bonds. The lowest BCUT2D eigenvalue weighted by molar-refractivity contribution is -0.137. The van der Waals surface area contributed by atoms with Crippen molar-refractivity contribution in [3.63, 3.8) is 0 Å². The average molecular weight is 508 g/mol. The van der Waals surface area contributed by atoms with E-state index in [9.17, 15) is 26.7 Å². The summed E-state index contributed by atoms with van der Waals surface area (Å²) in [6.07, 6.45) is -2.56. The van der Waals surface area contributed by atoms with Gasteiger partial charge in [0.1, 0.15) is 5.82 Å². The maximum Gasteiger partial charge on any atom is 0.417 e. The van der Waals surface area contributed by atoms with E-state index in [4.69, 9.17) is 0 Å². The van der Waals surface area contributed by atoms with Crippen molar-refractivity contribution >= 4 is 11.7 Å². The van der Waals surface area contributed by atoms with Gasteiger partial charge in [0.2, 0.25) is 0 Å². The zero-order valence-electron chi connectivity index (χ0n) is 20.0. The molecule has 1 N–H and O–H groups in total. The molecule has 2 atom stereocenters. The molecule has 0 bridgehead atoms. The van der Waals surface area contributed by atoms with Crippen LogP contribution in [0, 0.1) is 12.8 Å². The number of alkyl halides is 5. The Morgan fingerprint density at radius 2 is 1.97 bits per heavy atom. The Hall–Kier alpha value is -3.50. The smallest absolute Gasteiger partial charge is 0.368 e. The Morgan fingerprint density at radius 3 is 2.61 bits per heavy atom. The first-order valence-corrected chi connectivity index (χ1v) is 11.4. The molecule has 1 saturated heterocycles. The Morgan fingerprint density at radius 1 is 1.22 bits per heavy atom. The van der Waals surface area contributed by atoms with Crippen molar-refractivity contribution in [2.75, 3.05) is 18.4 Å². The minimum atomic E-state index is -4.52. The van der Waals surface area contributed by atoms with Crippen LogP contribution >= 0.6 is 0 Å². The summed E-state index contributed by atoms with van der Waals surface area (Å²) in [6, 6.07) is 8.86. The van der Waals surface area contributed by atoms with E-state index in [2.05, 4.69) is 15.4 Å². The number of pyridine rings is 1. The summed E-state index contributed by atoms with van der Waals surface area (Å²) in [6.45, 7) is 2.78. The largest absolute Gasteiger partial charge is 0.417 e. The first-order chi connectivity index (χ1) is 16.8. The molecule has 3 heterocycles. The van der Waals surface area contributed by atoms with Crippen LogP contribution in [0.1, 0.15) is 35.0 Å². The predicted molar refractivity (Wildman–Crippen MR) is 125 cm³/mol. The lowest BCUT2D eigenvalue weighted by Gasteiger charge is -2.43. The van der Waals surface area contributed by atoms with Crippen LogP contribution in [0.2, 0.25) is 0 Å². The quantitative estimate of drug-likeness (QED) is 0.470. The zero-order chi connectivity index (χ0) is 26.3. The van der Waals surface area contributed by atoms with Crippen molar-refractivity contribution in [2.45, 2.75) is 38.4 Å². The number of aromatic nitrogens is 3. The lowest BCUT2D eigenvalue weighted by atomic mass is 9.88. The number of amides is 1. The second-order valence-electron chi connectivity index (χ2n) is 9.28. The van der Waals surface area contributed by atoms with Crippen LogP contribution < -0.4 is 5.32 Å². The molecule has 1 aliphatic heterocycles. The zero-order valence-corrected chi connectivity index (χ0v) is 20.0. The SMILES string of the molecule is Cc1cccc(-c2cn(C)nc2C(=O)N2CC(F)(F)C[C@@H](C)C2CNc2ccc(C(F)(F)F)cn2)c1. The number of hydrogen-bond acceptors (Lipinski definition) is 4. The molecule has 0 radical (unpaired) electrons. The van der Waals surface area contributed by atoms with Gasteiger partial charge < -0.3 is 10.2 Å². The molecule has 36 heavy (non-hydrogen) atoms. The van der Waals surface area contributed by atoms with Gasteiger partial charge in [-0.1, -0.05) is 36.8 Å². The molecule has 1 fully saturated rings. The third-order valence-corrected chi connectivity index (χ3v) is 6.28. The fraction of sp³-hybridized carbons (Fsp3) is 0.400. The molecule has 11 heteroatoms. The maximum absolute atomic E-state index is 14.6. The Kier molecular flexibility index (Phi) is 6.76. The molecule has 3 aromatic rings. The van der Waals surface area contributed by atoms with Crippen molar-refractivity contribution < 1.29 is 26.7 Å². The predicted octanol–water partition coefficient (Wildman–Crippen LogP) is 5.41. The van der Waals surface area contributed by atoms with Gasteiger partial charge in [-0.25, -0.2) is 13.8 Å². The van der Waals surface area contributed by atoms with Crippen LogP contribution in [0.4, 0.5) is 27.8 Å². The average Bonchev–Trinajstić information content (AvgIpc) is 3.18. The van der Waals surface area contributed by atoms with Crippen LogP contribution in [0.5, 0.6) is 0 Å². The summed E-state index contributed by atoms with van der Waals surface area (Å²) in [5.74, 6) is -4.16. The molecule has 192 valence electrons. The third-order valence-electron chi connectivity index (χ3n) is 6.28. The van der Waals surface area contributed by atoms with Gasteiger partial charge in [0.15, 0.2) is 5.69 Å². The van der Waals surface area contributed by atoms with Crippen molar-refractivity contribution in [3.8, 4) is 11.1 Å². The summed E-state index contributed by atoms with van der Waals surface area (Å²) in [5, 5.41) is 7.19. The lowest BCUT2D eigenvalue weighted by Crippen LogP contribution is -2.57. The summed E-state index contributed by atoms with van der Waals surface area (Å²) >= 11 is 0. The Bertz CT molecular complexity index is 1240. The third kappa shape index (κ3) is 5.50. The number of benzene rings is 1. The van der Waals surface area contributed by atoms with E-state index in [1.54, 1.807) is 20.2 Å². The topological polar surface area (TPSA) is 63.1 Å². The normalized spacial score (nSPS) is 19.8. The minimum Gasteiger partial charge on any atom is -0.368 e. The Balaban J connectivity index is 1.61. The number of piperidine rings is 1. The fourth-order valence-electron chi connectivity index (χ4n) is 4.56. The van der Waals surface area contributed by atoms with Crippen LogP contribution in [0.3, 0.4) is 0 Å². The molecule has 0 saturated carbocycles. The second-order valence-corrected chi connectivity index (χ2v) is 9.28. The summed E-state index contributed by atoms with van der Waals surface area (Å²) in [4.78, 5) is 18.5. The number of likely N-dealkylation sites (tertiary alicyclic amines) is 1. The molecule has 2 aromatic heterocycles. The molecule has 0 spiro atoms. The number of aryl methyl sites for hydroxylation is 2. The molecule has 0 aliphatic carbocycles. The van der Waals surface area contributed by atoms with E-state index in [1.807, 2.05) is 31.2 Å². The highest BCUT2D eigenvalue weighted by Crippen LogP contribution is 2.36. The van der Waals surface area contributed by atoms with Crippen LogP contribution in [-0.4, -0.2) is 50.6 Å². The van der Waals surface area contributed by atoms with E-state index in [1.165, 1.54) is 10.7 Å². The van der Waals surface area contributed by atoms with E-state index in [0.29, 0.717) is 11.8 Å². The van der Waals surface area contributed by atoms with Crippen molar-refractivity contribution in [1.29, 1.82) is 0 Å². The first kappa shape index (κ1) is 25.6. The van der Waals surface area contributed by atoms with Crippen molar-refractivity contribution in [2.24, 2.45) is 13.0 Å². The molecular weight excluding hydrogens is 481 g/mol. The first-order valence-electron chi connectivity index (χ1n) is 11.4. The van der Waals surface area contributed by atoms with Gasteiger partial charge >= 0.3 is 6.18 Å². The molecule has 4 rings (SSSR count). The summed E-state index contributed by atoms with van der Waals surface area (Å²) < 4.78 is 69.1. The van der Waals surface area contributed by atoms with E-state index in [0.717, 1.165) is 22.1 Å². The van der Waals surface area contributed by atoms with Gasteiger partial charge in [-0.3, -0.25) is 9.48 Å². The molecular formula is C25H26F5N5O. The van der Waals surface area contributed by atoms with Gasteiger partial charge in [-0.05, 0) is 30.5 Å².